The summed E-state index contributed by atoms with van der Waals surface area (Å²) in [5.74, 6) is -0.975. The Morgan fingerprint density at radius 1 is 1.56 bits per heavy atom. The van der Waals surface area contributed by atoms with Gasteiger partial charge in [0.05, 0.1) is 12.8 Å². The lowest BCUT2D eigenvalue weighted by Crippen LogP contribution is -2.15. The Morgan fingerprint density at radius 3 is 2.69 bits per heavy atom. The van der Waals surface area contributed by atoms with Crippen LogP contribution in [0, 0.1) is 0 Å². The van der Waals surface area contributed by atoms with Crippen LogP contribution in [0.15, 0.2) is 6.20 Å². The van der Waals surface area contributed by atoms with Gasteiger partial charge in [-0.3, -0.25) is 0 Å². The molecule has 0 aliphatic carbocycles. The fourth-order valence-corrected chi connectivity index (χ4v) is 1.06. The average molecular weight is 255 g/mol. The Labute approximate surface area is 93.4 Å². The molecule has 0 aliphatic heterocycles. The monoisotopic (exact) mass is 254 g/mol. The highest BCUT2D eigenvalue weighted by Crippen LogP contribution is 2.31. The van der Waals surface area contributed by atoms with E-state index < -0.39 is 28.7 Å². The third-order valence-corrected chi connectivity index (χ3v) is 1.76. The Hall–Kier alpha value is -1.37. The molecule has 88 valence electrons. The minimum absolute atomic E-state index is 0.0322. The lowest BCUT2D eigenvalue weighted by atomic mass is 10.4. The van der Waals surface area contributed by atoms with E-state index in [2.05, 4.69) is 14.7 Å². The molecule has 1 rings (SSSR count). The van der Waals surface area contributed by atoms with E-state index in [1.54, 1.807) is 0 Å². The summed E-state index contributed by atoms with van der Waals surface area (Å²) < 4.78 is 41.5. The molecule has 16 heavy (non-hydrogen) atoms. The van der Waals surface area contributed by atoms with E-state index in [-0.39, 0.29) is 6.61 Å². The van der Waals surface area contributed by atoms with Crippen LogP contribution in [-0.2, 0) is 10.9 Å². The van der Waals surface area contributed by atoms with Crippen molar-refractivity contribution < 1.29 is 22.7 Å². The molecule has 0 radical (unpaired) electrons. The van der Waals surface area contributed by atoms with Gasteiger partial charge in [0.1, 0.15) is 0 Å². The lowest BCUT2D eigenvalue weighted by molar-refractivity contribution is -0.141. The summed E-state index contributed by atoms with van der Waals surface area (Å²) in [5.41, 5.74) is -1.93. The first-order valence-corrected chi connectivity index (χ1v) is 4.51. The van der Waals surface area contributed by atoms with Crippen molar-refractivity contribution in [3.05, 3.63) is 22.7 Å². The van der Waals surface area contributed by atoms with Gasteiger partial charge in [0.25, 0.3) is 0 Å². The number of carbonyl (C=O) groups is 1. The second-order valence-electron chi connectivity index (χ2n) is 2.61. The molecule has 0 saturated carbocycles. The molecular weight excluding hydrogens is 249 g/mol. The van der Waals surface area contributed by atoms with Crippen LogP contribution in [0.3, 0.4) is 0 Å². The molecule has 1 aromatic rings. The summed E-state index contributed by atoms with van der Waals surface area (Å²) in [4.78, 5) is 17.4. The zero-order valence-corrected chi connectivity index (χ0v) is 8.76. The van der Waals surface area contributed by atoms with Crippen molar-refractivity contribution in [2.45, 2.75) is 13.1 Å². The highest BCUT2D eigenvalue weighted by atomic mass is 35.5. The number of halogens is 4. The van der Waals surface area contributed by atoms with Gasteiger partial charge >= 0.3 is 12.1 Å². The molecule has 0 aromatic carbocycles. The molecule has 0 N–H and O–H groups in total. The van der Waals surface area contributed by atoms with E-state index in [0.29, 0.717) is 0 Å². The van der Waals surface area contributed by atoms with Crippen molar-refractivity contribution in [3.8, 4) is 0 Å². The van der Waals surface area contributed by atoms with Crippen LogP contribution in [0.1, 0.15) is 23.1 Å². The second kappa shape index (κ2) is 4.65. The van der Waals surface area contributed by atoms with Gasteiger partial charge in [0, 0.05) is 0 Å². The van der Waals surface area contributed by atoms with Crippen molar-refractivity contribution in [1.29, 1.82) is 0 Å². The third kappa shape index (κ3) is 2.82. The van der Waals surface area contributed by atoms with Crippen molar-refractivity contribution in [2.24, 2.45) is 0 Å². The Morgan fingerprint density at radius 2 is 2.19 bits per heavy atom. The first-order chi connectivity index (χ1) is 7.36. The van der Waals surface area contributed by atoms with Gasteiger partial charge < -0.3 is 4.74 Å². The largest absolute Gasteiger partial charge is 0.461 e. The average Bonchev–Trinajstić information content (AvgIpc) is 2.16. The van der Waals surface area contributed by atoms with Crippen molar-refractivity contribution in [3.63, 3.8) is 0 Å². The fourth-order valence-electron chi connectivity index (χ4n) is 0.858. The smallest absolute Gasteiger partial charge is 0.436 e. The summed E-state index contributed by atoms with van der Waals surface area (Å²) in [6.07, 6.45) is -3.93. The zero-order chi connectivity index (χ0) is 12.3. The topological polar surface area (TPSA) is 52.1 Å². The third-order valence-electron chi connectivity index (χ3n) is 1.48. The standard InChI is InChI=1S/C8H6ClF3N2O2/c1-2-16-7(15)4-3-13-6(9)5(14-4)8(10,11)12/h3H,2H2,1H3. The van der Waals surface area contributed by atoms with Crippen LogP contribution >= 0.6 is 11.6 Å². The van der Waals surface area contributed by atoms with Crippen LogP contribution in [0.5, 0.6) is 0 Å². The normalized spacial score (nSPS) is 11.3. The maximum Gasteiger partial charge on any atom is 0.436 e. The Bertz CT molecular complexity index is 409. The Kier molecular flexibility index (Phi) is 3.69. The van der Waals surface area contributed by atoms with Gasteiger partial charge in [-0.25, -0.2) is 14.8 Å². The number of esters is 1. The SMILES string of the molecule is CCOC(=O)c1cnc(Cl)c(C(F)(F)F)n1. The van der Waals surface area contributed by atoms with Gasteiger partial charge in [-0.15, -0.1) is 0 Å². The van der Waals surface area contributed by atoms with Crippen molar-refractivity contribution in [2.75, 3.05) is 6.61 Å². The quantitative estimate of drug-likeness (QED) is 0.760. The number of aromatic nitrogens is 2. The zero-order valence-electron chi connectivity index (χ0n) is 8.01. The van der Waals surface area contributed by atoms with Crippen molar-refractivity contribution >= 4 is 17.6 Å². The van der Waals surface area contributed by atoms with E-state index in [4.69, 9.17) is 11.6 Å². The summed E-state index contributed by atoms with van der Waals surface area (Å²) in [6, 6.07) is 0. The van der Waals surface area contributed by atoms with Crippen LogP contribution in [0.25, 0.3) is 0 Å². The molecule has 0 bridgehead atoms. The number of nitrogens with zero attached hydrogens (tertiary/aromatic N) is 2. The fraction of sp³-hybridized carbons (Fsp3) is 0.375. The van der Waals surface area contributed by atoms with Gasteiger partial charge in [-0.2, -0.15) is 13.2 Å². The number of alkyl halides is 3. The predicted molar refractivity (Wildman–Crippen MR) is 48.0 cm³/mol. The molecule has 0 unspecified atom stereocenters. The second-order valence-corrected chi connectivity index (χ2v) is 2.97. The van der Waals surface area contributed by atoms with E-state index in [1.165, 1.54) is 6.92 Å². The highest BCUT2D eigenvalue weighted by molar-refractivity contribution is 6.30. The summed E-state index contributed by atoms with van der Waals surface area (Å²) in [6.45, 7) is 1.55. The molecule has 0 spiro atoms. The molecule has 4 nitrogen and oxygen atoms in total. The highest BCUT2D eigenvalue weighted by Gasteiger charge is 2.37. The van der Waals surface area contributed by atoms with E-state index in [1.807, 2.05) is 0 Å². The maximum atomic E-state index is 12.3. The molecule has 1 heterocycles. The van der Waals surface area contributed by atoms with E-state index in [9.17, 15) is 18.0 Å². The van der Waals surface area contributed by atoms with Gasteiger partial charge in [0.2, 0.25) is 0 Å². The molecule has 0 fully saturated rings. The van der Waals surface area contributed by atoms with Crippen LogP contribution < -0.4 is 0 Å². The van der Waals surface area contributed by atoms with Crippen LogP contribution in [0.4, 0.5) is 13.2 Å². The molecule has 0 atom stereocenters. The minimum Gasteiger partial charge on any atom is -0.461 e. The first kappa shape index (κ1) is 12.7. The molecule has 1 aromatic heterocycles. The molecule has 8 heteroatoms. The maximum absolute atomic E-state index is 12.3. The van der Waals surface area contributed by atoms with Crippen molar-refractivity contribution in [1.82, 2.24) is 9.97 Å². The lowest BCUT2D eigenvalue weighted by Gasteiger charge is -2.08. The van der Waals surface area contributed by atoms with E-state index >= 15 is 0 Å². The van der Waals surface area contributed by atoms with Gasteiger partial charge in [0.15, 0.2) is 16.5 Å². The number of hydrogen-bond donors (Lipinski definition) is 0. The summed E-state index contributed by atoms with van der Waals surface area (Å²) in [7, 11) is 0. The first-order valence-electron chi connectivity index (χ1n) is 4.13. The summed E-state index contributed by atoms with van der Waals surface area (Å²) in [5, 5.41) is -0.805. The number of carbonyl (C=O) groups excluding carboxylic acids is 1. The number of hydrogen-bond acceptors (Lipinski definition) is 4. The Balaban J connectivity index is 3.13. The molecule has 0 aliphatic rings. The van der Waals surface area contributed by atoms with Gasteiger partial charge in [-0.1, -0.05) is 11.6 Å². The van der Waals surface area contributed by atoms with E-state index in [0.717, 1.165) is 6.20 Å². The predicted octanol–water partition coefficient (Wildman–Crippen LogP) is 2.33. The van der Waals surface area contributed by atoms with Gasteiger partial charge in [-0.05, 0) is 6.92 Å². The minimum atomic E-state index is -4.76. The van der Waals surface area contributed by atoms with Crippen LogP contribution in [0.2, 0.25) is 5.15 Å². The molecular formula is C8H6ClF3N2O2. The number of ether oxygens (including phenoxy) is 1. The van der Waals surface area contributed by atoms with Crippen LogP contribution in [-0.4, -0.2) is 22.5 Å². The summed E-state index contributed by atoms with van der Waals surface area (Å²) >= 11 is 5.22. The molecule has 0 saturated heterocycles. The molecule has 0 amide bonds. The number of rotatable bonds is 2.